The fraction of sp³-hybridized carbons (Fsp3) is 0.200. The highest BCUT2D eigenvalue weighted by atomic mass is 35.5. The van der Waals surface area contributed by atoms with Gasteiger partial charge in [-0.3, -0.25) is 0 Å². The predicted octanol–water partition coefficient (Wildman–Crippen LogP) is 2.31. The van der Waals surface area contributed by atoms with Crippen LogP contribution in [0.25, 0.3) is 0 Å². The maximum Gasteiger partial charge on any atom is 0.130 e. The van der Waals surface area contributed by atoms with Crippen molar-refractivity contribution in [2.75, 3.05) is 5.88 Å². The second kappa shape index (κ2) is 4.50. The lowest BCUT2D eigenvalue weighted by molar-refractivity contribution is 0.978. The molecule has 0 radical (unpaired) electrons. The smallest absolute Gasteiger partial charge is 0.130 e. The van der Waals surface area contributed by atoms with Gasteiger partial charge in [-0.05, 0) is 5.57 Å². The van der Waals surface area contributed by atoms with Crippen LogP contribution in [-0.2, 0) is 0 Å². The van der Waals surface area contributed by atoms with E-state index in [0.29, 0.717) is 5.57 Å². The Kier molecular flexibility index (Phi) is 3.31. The van der Waals surface area contributed by atoms with Crippen molar-refractivity contribution in [3.63, 3.8) is 0 Å². The Morgan fingerprint density at radius 2 is 1.77 bits per heavy atom. The maximum atomic E-state index is 8.65. The van der Waals surface area contributed by atoms with E-state index in [1.165, 1.54) is 0 Å². The molecule has 0 aliphatic heterocycles. The first-order valence-electron chi connectivity index (χ1n) is 3.77. The highest BCUT2D eigenvalue weighted by molar-refractivity contribution is 6.19. The van der Waals surface area contributed by atoms with Crippen LogP contribution < -0.4 is 0 Å². The number of hydrogen-bond acceptors (Lipinski definition) is 2. The van der Waals surface area contributed by atoms with Gasteiger partial charge in [-0.1, -0.05) is 24.3 Å². The normalized spacial score (nSPS) is 13.8. The van der Waals surface area contributed by atoms with Crippen LogP contribution in [0.15, 0.2) is 35.5 Å². The van der Waals surface area contributed by atoms with Crippen molar-refractivity contribution in [1.82, 2.24) is 0 Å². The molecule has 0 heterocycles. The molecule has 0 bridgehead atoms. The quantitative estimate of drug-likeness (QED) is 0.496. The van der Waals surface area contributed by atoms with Gasteiger partial charge in [0.2, 0.25) is 0 Å². The van der Waals surface area contributed by atoms with Crippen molar-refractivity contribution in [3.8, 4) is 12.1 Å². The van der Waals surface area contributed by atoms with Gasteiger partial charge in [0.1, 0.15) is 17.7 Å². The first-order valence-corrected chi connectivity index (χ1v) is 4.31. The number of alkyl halides is 1. The predicted molar refractivity (Wildman–Crippen MR) is 50.7 cm³/mol. The Morgan fingerprint density at radius 3 is 2.15 bits per heavy atom. The van der Waals surface area contributed by atoms with Gasteiger partial charge >= 0.3 is 0 Å². The number of rotatable bonds is 2. The van der Waals surface area contributed by atoms with Crippen molar-refractivity contribution in [1.29, 1.82) is 10.5 Å². The molecule has 0 N–H and O–H groups in total. The lowest BCUT2D eigenvalue weighted by Crippen LogP contribution is -2.00. The summed E-state index contributed by atoms with van der Waals surface area (Å²) in [5.74, 6) is 0.238. The molecule has 0 aromatic carbocycles. The zero-order chi connectivity index (χ0) is 9.68. The molecule has 0 amide bonds. The van der Waals surface area contributed by atoms with E-state index in [4.69, 9.17) is 22.1 Å². The zero-order valence-corrected chi connectivity index (χ0v) is 7.62. The van der Waals surface area contributed by atoms with Crippen molar-refractivity contribution in [2.24, 2.45) is 5.92 Å². The molecule has 13 heavy (non-hydrogen) atoms. The summed E-state index contributed by atoms with van der Waals surface area (Å²) in [4.78, 5) is 0. The van der Waals surface area contributed by atoms with Crippen molar-refractivity contribution in [3.05, 3.63) is 35.5 Å². The molecular formula is C10H7ClN2. The SMILES string of the molecule is N#CC(C#N)=C(CCl)C1C=CC=C1. The monoisotopic (exact) mass is 190 g/mol. The third kappa shape index (κ3) is 1.99. The topological polar surface area (TPSA) is 47.6 Å². The number of nitrogens with zero attached hydrogens (tertiary/aromatic N) is 2. The number of allylic oxidation sites excluding steroid dienone is 6. The van der Waals surface area contributed by atoms with Gasteiger partial charge in [0, 0.05) is 11.8 Å². The summed E-state index contributed by atoms with van der Waals surface area (Å²) in [6.45, 7) is 0. The second-order valence-corrected chi connectivity index (χ2v) is 2.82. The molecule has 3 heteroatoms. The standard InChI is InChI=1S/C10H7ClN2/c11-5-10(9(6-12)7-13)8-3-1-2-4-8/h1-4,8H,5H2. The van der Waals surface area contributed by atoms with Crippen LogP contribution in [-0.4, -0.2) is 5.88 Å². The Labute approximate surface area is 82.0 Å². The summed E-state index contributed by atoms with van der Waals surface area (Å²) in [5.41, 5.74) is 0.799. The fourth-order valence-electron chi connectivity index (χ4n) is 1.16. The third-order valence-corrected chi connectivity index (χ3v) is 2.13. The van der Waals surface area contributed by atoms with Gasteiger partial charge in [-0.2, -0.15) is 10.5 Å². The van der Waals surface area contributed by atoms with Crippen LogP contribution in [0.2, 0.25) is 0 Å². The van der Waals surface area contributed by atoms with E-state index in [2.05, 4.69) is 0 Å². The second-order valence-electron chi connectivity index (χ2n) is 2.55. The molecule has 0 saturated heterocycles. The molecule has 0 atom stereocenters. The molecule has 0 fully saturated rings. The lowest BCUT2D eigenvalue weighted by Gasteiger charge is -2.07. The van der Waals surface area contributed by atoms with Crippen LogP contribution >= 0.6 is 11.6 Å². The van der Waals surface area contributed by atoms with Crippen molar-refractivity contribution >= 4 is 11.6 Å². The largest absolute Gasteiger partial charge is 0.192 e. The summed E-state index contributed by atoms with van der Waals surface area (Å²) in [7, 11) is 0. The molecule has 0 aromatic rings. The Bertz CT molecular complexity index is 335. The molecule has 0 spiro atoms. The summed E-state index contributed by atoms with van der Waals surface area (Å²) in [5, 5.41) is 17.3. The van der Waals surface area contributed by atoms with E-state index in [9.17, 15) is 0 Å². The van der Waals surface area contributed by atoms with Crippen LogP contribution in [0, 0.1) is 28.6 Å². The molecule has 0 aromatic heterocycles. The number of hydrogen-bond donors (Lipinski definition) is 0. The third-order valence-electron chi connectivity index (χ3n) is 1.84. The molecule has 64 valence electrons. The molecular weight excluding hydrogens is 184 g/mol. The zero-order valence-electron chi connectivity index (χ0n) is 6.87. The van der Waals surface area contributed by atoms with Gasteiger partial charge in [-0.25, -0.2) is 0 Å². The minimum absolute atomic E-state index is 0.0202. The van der Waals surface area contributed by atoms with Gasteiger partial charge in [0.05, 0.1) is 0 Å². The molecule has 1 aliphatic carbocycles. The summed E-state index contributed by atoms with van der Waals surface area (Å²) >= 11 is 5.67. The number of nitriles is 2. The minimum atomic E-state index is 0.0202. The fourth-order valence-corrected chi connectivity index (χ4v) is 1.47. The van der Waals surface area contributed by atoms with E-state index in [1.54, 1.807) is 0 Å². The highest BCUT2D eigenvalue weighted by Crippen LogP contribution is 2.22. The highest BCUT2D eigenvalue weighted by Gasteiger charge is 2.14. The first-order chi connectivity index (χ1) is 6.33. The van der Waals surface area contributed by atoms with Gasteiger partial charge in [0.15, 0.2) is 0 Å². The van der Waals surface area contributed by atoms with E-state index in [1.807, 2.05) is 36.4 Å². The first kappa shape index (κ1) is 9.58. The maximum absolute atomic E-state index is 8.65. The van der Waals surface area contributed by atoms with E-state index in [-0.39, 0.29) is 17.4 Å². The van der Waals surface area contributed by atoms with Crippen LogP contribution in [0.1, 0.15) is 0 Å². The molecule has 0 unspecified atom stereocenters. The summed E-state index contributed by atoms with van der Waals surface area (Å²) < 4.78 is 0. The summed E-state index contributed by atoms with van der Waals surface area (Å²) in [6.07, 6.45) is 7.58. The van der Waals surface area contributed by atoms with Gasteiger partial charge in [-0.15, -0.1) is 11.6 Å². The lowest BCUT2D eigenvalue weighted by atomic mass is 9.98. The van der Waals surface area contributed by atoms with Gasteiger partial charge in [0.25, 0.3) is 0 Å². The molecule has 1 rings (SSSR count). The summed E-state index contributed by atoms with van der Waals surface area (Å²) in [6, 6.07) is 3.69. The Morgan fingerprint density at radius 1 is 1.23 bits per heavy atom. The van der Waals surface area contributed by atoms with E-state index < -0.39 is 0 Å². The van der Waals surface area contributed by atoms with Crippen molar-refractivity contribution in [2.45, 2.75) is 0 Å². The Balaban J connectivity index is 3.04. The van der Waals surface area contributed by atoms with E-state index >= 15 is 0 Å². The average Bonchev–Trinajstić information content (AvgIpc) is 2.66. The van der Waals surface area contributed by atoms with Gasteiger partial charge < -0.3 is 0 Å². The molecule has 0 saturated carbocycles. The minimum Gasteiger partial charge on any atom is -0.192 e. The van der Waals surface area contributed by atoms with Crippen molar-refractivity contribution < 1.29 is 0 Å². The van der Waals surface area contributed by atoms with Crippen LogP contribution in [0.4, 0.5) is 0 Å². The van der Waals surface area contributed by atoms with Crippen LogP contribution in [0.5, 0.6) is 0 Å². The number of halogens is 1. The van der Waals surface area contributed by atoms with E-state index in [0.717, 1.165) is 0 Å². The molecule has 2 nitrogen and oxygen atoms in total. The van der Waals surface area contributed by atoms with Crippen LogP contribution in [0.3, 0.4) is 0 Å². The molecule has 1 aliphatic rings. The average molecular weight is 191 g/mol. The Hall–Kier alpha value is -1.51.